The van der Waals surface area contributed by atoms with Crippen LogP contribution < -0.4 is 0 Å². The number of aliphatic hydroxyl groups is 1. The van der Waals surface area contributed by atoms with Crippen LogP contribution in [0.1, 0.15) is 0 Å². The molecule has 0 aromatic carbocycles. The summed E-state index contributed by atoms with van der Waals surface area (Å²) in [7, 11) is 10.6. The van der Waals surface area contributed by atoms with E-state index in [0.717, 1.165) is 7.11 Å². The number of halogens is 2. The molecule has 0 aromatic heterocycles. The third-order valence-electron chi connectivity index (χ3n) is 0. The topological polar surface area (TPSA) is 20.2 Å². The van der Waals surface area contributed by atoms with E-state index in [0.29, 0.717) is 0 Å². The standard InChI is InChI=1S/CH4O.2ClH.Pd/c1-2;;;/h2H,1H3;2*1H;/q;;;+2/p-2. The molecule has 1 N–H and O–H groups in total. The van der Waals surface area contributed by atoms with Crippen molar-refractivity contribution >= 4 is 19.1 Å². The number of aliphatic hydroxyl groups excluding tert-OH is 1. The third kappa shape index (κ3) is 36.9. The molecule has 0 fully saturated rings. The molecule has 0 bridgehead atoms. The third-order valence-corrected chi connectivity index (χ3v) is 0. The fourth-order valence-electron chi connectivity index (χ4n) is 0. The van der Waals surface area contributed by atoms with Crippen molar-refractivity contribution in [1.82, 2.24) is 0 Å². The molecule has 0 aliphatic heterocycles. The molecule has 0 aromatic rings. The van der Waals surface area contributed by atoms with Crippen LogP contribution in [0.25, 0.3) is 0 Å². The summed E-state index contributed by atoms with van der Waals surface area (Å²) in [5, 5.41) is 7.00. The van der Waals surface area contributed by atoms with E-state index in [1.54, 1.807) is 0 Å². The van der Waals surface area contributed by atoms with E-state index in [1.807, 2.05) is 0 Å². The van der Waals surface area contributed by atoms with Gasteiger partial charge in [0.25, 0.3) is 0 Å². The second-order valence-electron chi connectivity index (χ2n) is 0.0452. The second-order valence-corrected chi connectivity index (χ2v) is 2.41. The summed E-state index contributed by atoms with van der Waals surface area (Å²) >= 11 is -0.106. The molecular weight excluding hydrogens is 205 g/mol. The summed E-state index contributed by atoms with van der Waals surface area (Å²) in [6.07, 6.45) is 0. The minimum atomic E-state index is -0.106. The summed E-state index contributed by atoms with van der Waals surface area (Å²) in [4.78, 5) is 0. The van der Waals surface area contributed by atoms with E-state index in [2.05, 4.69) is 0 Å². The first-order valence-electron chi connectivity index (χ1n) is 0.686. The average molecular weight is 209 g/mol. The number of hydrogen-bond donors (Lipinski definition) is 1. The van der Waals surface area contributed by atoms with Crippen molar-refractivity contribution in [2.24, 2.45) is 0 Å². The molecule has 0 spiro atoms. The van der Waals surface area contributed by atoms with Crippen LogP contribution in [0.5, 0.6) is 0 Å². The van der Waals surface area contributed by atoms with Crippen LogP contribution in [0.15, 0.2) is 0 Å². The quantitative estimate of drug-likeness (QED) is 0.590. The fraction of sp³-hybridized carbons (Fsp3) is 1.00. The Hall–Kier alpha value is 1.20. The van der Waals surface area contributed by atoms with Gasteiger partial charge in [-0.2, -0.15) is 0 Å². The number of rotatable bonds is 0. The van der Waals surface area contributed by atoms with E-state index >= 15 is 0 Å². The molecule has 5 heavy (non-hydrogen) atoms. The van der Waals surface area contributed by atoms with Gasteiger partial charge in [0.15, 0.2) is 0 Å². The molecule has 0 aliphatic rings. The zero-order valence-corrected chi connectivity index (χ0v) is 5.59. The van der Waals surface area contributed by atoms with Crippen molar-refractivity contribution < 1.29 is 21.0 Å². The van der Waals surface area contributed by atoms with Gasteiger partial charge in [-0.15, -0.1) is 0 Å². The van der Waals surface area contributed by atoms with E-state index in [4.69, 9.17) is 24.2 Å². The monoisotopic (exact) mass is 208 g/mol. The predicted molar refractivity (Wildman–Crippen MR) is 19.8 cm³/mol. The van der Waals surface area contributed by atoms with Crippen LogP contribution in [-0.4, -0.2) is 12.2 Å². The van der Waals surface area contributed by atoms with Crippen LogP contribution in [0, 0.1) is 0 Å². The molecular formula is CH4Cl2OPd. The van der Waals surface area contributed by atoms with Gasteiger partial charge in [0.05, 0.1) is 0 Å². The average Bonchev–Trinajstić information content (AvgIpc) is 1.46. The van der Waals surface area contributed by atoms with Gasteiger partial charge in [0.2, 0.25) is 0 Å². The number of hydrogen-bond acceptors (Lipinski definition) is 1. The minimum absolute atomic E-state index is 0.106. The molecule has 0 heterocycles. The zero-order valence-electron chi connectivity index (χ0n) is 2.52. The van der Waals surface area contributed by atoms with Gasteiger partial charge in [0.1, 0.15) is 0 Å². The van der Waals surface area contributed by atoms with E-state index in [-0.39, 0.29) is 15.9 Å². The van der Waals surface area contributed by atoms with Gasteiger partial charge < -0.3 is 5.11 Å². The molecule has 0 radical (unpaired) electrons. The van der Waals surface area contributed by atoms with Crippen LogP contribution in [0.3, 0.4) is 0 Å². The van der Waals surface area contributed by atoms with Gasteiger partial charge in [-0.25, -0.2) is 0 Å². The van der Waals surface area contributed by atoms with Gasteiger partial charge in [-0.3, -0.25) is 0 Å². The van der Waals surface area contributed by atoms with Gasteiger partial charge in [-0.1, -0.05) is 0 Å². The fourth-order valence-corrected chi connectivity index (χ4v) is 0. The van der Waals surface area contributed by atoms with Crippen LogP contribution in [-0.2, 0) is 15.9 Å². The van der Waals surface area contributed by atoms with Gasteiger partial charge >= 0.3 is 35.0 Å². The second kappa shape index (κ2) is 18.9. The summed E-state index contributed by atoms with van der Waals surface area (Å²) in [5.74, 6) is 0. The molecule has 0 saturated carbocycles. The first-order valence-corrected chi connectivity index (χ1v) is 4.69. The Kier molecular flexibility index (Phi) is 36.0. The molecule has 0 atom stereocenters. The van der Waals surface area contributed by atoms with Crippen LogP contribution in [0.2, 0.25) is 0 Å². The SMILES string of the molecule is CO.[Cl][Pd][Cl]. The van der Waals surface area contributed by atoms with Crippen LogP contribution in [0.4, 0.5) is 0 Å². The Morgan fingerprint density at radius 1 is 1.40 bits per heavy atom. The summed E-state index contributed by atoms with van der Waals surface area (Å²) in [5.41, 5.74) is 0. The van der Waals surface area contributed by atoms with Gasteiger partial charge in [-0.05, 0) is 0 Å². The first-order chi connectivity index (χ1) is 2.41. The van der Waals surface area contributed by atoms with Crippen molar-refractivity contribution in [3.63, 3.8) is 0 Å². The molecule has 0 unspecified atom stereocenters. The van der Waals surface area contributed by atoms with Crippen molar-refractivity contribution in [3.8, 4) is 0 Å². The zero-order chi connectivity index (χ0) is 4.71. The van der Waals surface area contributed by atoms with Crippen molar-refractivity contribution in [1.29, 1.82) is 0 Å². The van der Waals surface area contributed by atoms with Crippen molar-refractivity contribution in [2.75, 3.05) is 7.11 Å². The van der Waals surface area contributed by atoms with E-state index in [1.165, 1.54) is 0 Å². The molecule has 0 saturated heterocycles. The maximum atomic E-state index is 7.00. The molecule has 4 heteroatoms. The van der Waals surface area contributed by atoms with E-state index in [9.17, 15) is 0 Å². The van der Waals surface area contributed by atoms with E-state index < -0.39 is 0 Å². The van der Waals surface area contributed by atoms with Gasteiger partial charge in [0, 0.05) is 7.11 Å². The molecule has 0 amide bonds. The Labute approximate surface area is 47.4 Å². The van der Waals surface area contributed by atoms with Crippen molar-refractivity contribution in [2.45, 2.75) is 0 Å². The molecule has 0 rings (SSSR count). The maximum absolute atomic E-state index is 7.00. The Morgan fingerprint density at radius 2 is 1.40 bits per heavy atom. The van der Waals surface area contributed by atoms with Crippen LogP contribution >= 0.6 is 19.1 Å². The molecule has 38 valence electrons. The first kappa shape index (κ1) is 9.51. The Bertz CT molecular complexity index is 9.61. The predicted octanol–water partition coefficient (Wildman–Crippen LogP) is 0.985. The normalized spacial score (nSPS) is 5.60. The van der Waals surface area contributed by atoms with Crippen molar-refractivity contribution in [3.05, 3.63) is 0 Å². The summed E-state index contributed by atoms with van der Waals surface area (Å²) in [6.45, 7) is 0. The summed E-state index contributed by atoms with van der Waals surface area (Å²) < 4.78 is 0. The molecule has 1 nitrogen and oxygen atoms in total. The molecule has 0 aliphatic carbocycles. The Morgan fingerprint density at radius 3 is 1.40 bits per heavy atom. The summed E-state index contributed by atoms with van der Waals surface area (Å²) in [6, 6.07) is 0. The Balaban J connectivity index is 0.